The Balaban J connectivity index is 1.83. The van der Waals surface area contributed by atoms with Crippen molar-refractivity contribution in [3.8, 4) is 0 Å². The highest BCUT2D eigenvalue weighted by Crippen LogP contribution is 2.37. The van der Waals surface area contributed by atoms with E-state index in [-0.39, 0.29) is 0 Å². The molecule has 1 heterocycles. The van der Waals surface area contributed by atoms with Gasteiger partial charge in [0.25, 0.3) is 0 Å². The summed E-state index contributed by atoms with van der Waals surface area (Å²) in [5.74, 6) is 0. The predicted molar refractivity (Wildman–Crippen MR) is 102 cm³/mol. The molecule has 0 radical (unpaired) electrons. The first-order valence-corrected chi connectivity index (χ1v) is 8.49. The lowest BCUT2D eigenvalue weighted by atomic mass is 10.1. The molecule has 0 N–H and O–H groups in total. The summed E-state index contributed by atoms with van der Waals surface area (Å²) in [6, 6.07) is 25.7. The topological polar surface area (TPSA) is 3.24 Å². The number of para-hydroxylation sites is 2. The number of nitrogens with zero attached hydrogens (tertiary/aromatic N) is 1. The average molecular weight is 362 g/mol. The van der Waals surface area contributed by atoms with E-state index in [1.165, 1.54) is 28.1 Å². The zero-order chi connectivity index (χ0) is 15.6. The molecule has 1 aliphatic heterocycles. The Morgan fingerprint density at radius 3 is 1.74 bits per heavy atom. The van der Waals surface area contributed by atoms with Gasteiger partial charge in [-0.3, -0.25) is 0 Å². The Kier molecular flexibility index (Phi) is 3.76. The van der Waals surface area contributed by atoms with Crippen LogP contribution in [0.25, 0.3) is 12.2 Å². The van der Waals surface area contributed by atoms with Gasteiger partial charge in [-0.2, -0.15) is 0 Å². The van der Waals surface area contributed by atoms with Crippen LogP contribution in [0.5, 0.6) is 0 Å². The number of benzene rings is 3. The maximum Gasteiger partial charge on any atom is 0.0487 e. The second-order valence-electron chi connectivity index (χ2n) is 5.66. The lowest BCUT2D eigenvalue weighted by molar-refractivity contribution is 0.973. The summed E-state index contributed by atoms with van der Waals surface area (Å²) in [6.45, 7) is 0.850. The van der Waals surface area contributed by atoms with Crippen LogP contribution in [0.15, 0.2) is 77.3 Å². The number of fused-ring (bicyclic) bond motifs is 2. The van der Waals surface area contributed by atoms with Gasteiger partial charge in [-0.05, 0) is 41.0 Å². The molecule has 112 valence electrons. The fraction of sp³-hybridized carbons (Fsp3) is 0.0476. The minimum atomic E-state index is 0.850. The molecule has 1 aliphatic rings. The van der Waals surface area contributed by atoms with Crippen LogP contribution in [0.1, 0.15) is 16.7 Å². The Morgan fingerprint density at radius 1 is 0.652 bits per heavy atom. The Bertz CT molecular complexity index is 816. The third-order valence-electron chi connectivity index (χ3n) is 4.15. The molecule has 3 aromatic rings. The quantitative estimate of drug-likeness (QED) is 0.519. The van der Waals surface area contributed by atoms with Gasteiger partial charge >= 0.3 is 0 Å². The molecule has 1 nitrogen and oxygen atoms in total. The van der Waals surface area contributed by atoms with Crippen molar-refractivity contribution < 1.29 is 0 Å². The third kappa shape index (κ3) is 2.82. The molecule has 3 aromatic carbocycles. The lowest BCUT2D eigenvalue weighted by Gasteiger charge is -2.27. The van der Waals surface area contributed by atoms with Crippen LogP contribution in [-0.2, 0) is 6.54 Å². The molecule has 0 fully saturated rings. The molecule has 0 atom stereocenters. The third-order valence-corrected chi connectivity index (χ3v) is 4.68. The molecule has 0 spiro atoms. The van der Waals surface area contributed by atoms with E-state index < -0.39 is 0 Å². The normalized spacial score (nSPS) is 12.5. The summed E-state index contributed by atoms with van der Waals surface area (Å²) in [5.41, 5.74) is 6.29. The maximum atomic E-state index is 3.51. The highest BCUT2D eigenvalue weighted by molar-refractivity contribution is 9.10. The van der Waals surface area contributed by atoms with Crippen molar-refractivity contribution in [2.24, 2.45) is 0 Å². The van der Waals surface area contributed by atoms with Gasteiger partial charge in [0, 0.05) is 22.4 Å². The summed E-state index contributed by atoms with van der Waals surface area (Å²) < 4.78 is 1.11. The molecule has 4 rings (SSSR count). The van der Waals surface area contributed by atoms with E-state index in [2.05, 4.69) is 106 Å². The molecule has 0 aliphatic carbocycles. The summed E-state index contributed by atoms with van der Waals surface area (Å²) in [4.78, 5) is 2.40. The van der Waals surface area contributed by atoms with Gasteiger partial charge in [-0.25, -0.2) is 0 Å². The van der Waals surface area contributed by atoms with E-state index in [0.29, 0.717) is 0 Å². The van der Waals surface area contributed by atoms with Crippen molar-refractivity contribution in [1.29, 1.82) is 0 Å². The number of anilines is 2. The van der Waals surface area contributed by atoms with Crippen molar-refractivity contribution in [1.82, 2.24) is 0 Å². The summed E-state index contributed by atoms with van der Waals surface area (Å²) in [7, 11) is 0. The number of halogens is 1. The molecular formula is C21H16BrN. The fourth-order valence-corrected chi connectivity index (χ4v) is 3.26. The summed E-state index contributed by atoms with van der Waals surface area (Å²) >= 11 is 3.51. The van der Waals surface area contributed by atoms with Gasteiger partial charge < -0.3 is 4.90 Å². The number of hydrogen-bond donors (Lipinski definition) is 0. The standard InChI is InChI=1S/C21H16BrN/c22-19-13-9-16(10-14-19)15-23-20-7-3-1-5-17(20)11-12-18-6-2-4-8-21(18)23/h1-14H,15H2. The molecule has 2 heteroatoms. The minimum Gasteiger partial charge on any atom is -0.336 e. The van der Waals surface area contributed by atoms with E-state index >= 15 is 0 Å². The van der Waals surface area contributed by atoms with Gasteiger partial charge in [-0.1, -0.05) is 76.6 Å². The minimum absolute atomic E-state index is 0.850. The van der Waals surface area contributed by atoms with Gasteiger partial charge in [0.15, 0.2) is 0 Å². The van der Waals surface area contributed by atoms with Crippen LogP contribution in [0, 0.1) is 0 Å². The zero-order valence-corrected chi connectivity index (χ0v) is 14.2. The Morgan fingerprint density at radius 2 is 1.17 bits per heavy atom. The van der Waals surface area contributed by atoms with Crippen LogP contribution in [0.3, 0.4) is 0 Å². The number of rotatable bonds is 2. The van der Waals surface area contributed by atoms with Crippen molar-refractivity contribution in [3.63, 3.8) is 0 Å². The summed E-state index contributed by atoms with van der Waals surface area (Å²) in [6.07, 6.45) is 4.41. The van der Waals surface area contributed by atoms with Crippen LogP contribution < -0.4 is 4.90 Å². The smallest absolute Gasteiger partial charge is 0.0487 e. The van der Waals surface area contributed by atoms with E-state index in [0.717, 1.165) is 11.0 Å². The summed E-state index contributed by atoms with van der Waals surface area (Å²) in [5, 5.41) is 0. The van der Waals surface area contributed by atoms with Gasteiger partial charge in [0.2, 0.25) is 0 Å². The molecule has 0 bridgehead atoms. The Hall–Kier alpha value is -2.32. The first-order chi connectivity index (χ1) is 11.3. The van der Waals surface area contributed by atoms with Gasteiger partial charge in [0.1, 0.15) is 0 Å². The van der Waals surface area contributed by atoms with Crippen LogP contribution >= 0.6 is 15.9 Å². The highest BCUT2D eigenvalue weighted by Gasteiger charge is 2.17. The van der Waals surface area contributed by atoms with E-state index in [9.17, 15) is 0 Å². The van der Waals surface area contributed by atoms with Gasteiger partial charge in [-0.15, -0.1) is 0 Å². The SMILES string of the molecule is Brc1ccc(CN2c3ccccc3C=Cc3ccccc32)cc1. The van der Waals surface area contributed by atoms with E-state index in [1.54, 1.807) is 0 Å². The first-order valence-electron chi connectivity index (χ1n) is 7.69. The molecular weight excluding hydrogens is 346 g/mol. The molecule has 0 unspecified atom stereocenters. The van der Waals surface area contributed by atoms with Crippen molar-refractivity contribution in [3.05, 3.63) is 94.0 Å². The Labute approximate surface area is 145 Å². The highest BCUT2D eigenvalue weighted by atomic mass is 79.9. The van der Waals surface area contributed by atoms with Crippen LogP contribution in [0.2, 0.25) is 0 Å². The molecule has 0 saturated carbocycles. The van der Waals surface area contributed by atoms with Crippen molar-refractivity contribution in [2.45, 2.75) is 6.54 Å². The average Bonchev–Trinajstić information content (AvgIpc) is 2.75. The van der Waals surface area contributed by atoms with Gasteiger partial charge in [0.05, 0.1) is 0 Å². The second-order valence-corrected chi connectivity index (χ2v) is 6.58. The van der Waals surface area contributed by atoms with Crippen LogP contribution in [0.4, 0.5) is 11.4 Å². The molecule has 0 saturated heterocycles. The van der Waals surface area contributed by atoms with Crippen molar-refractivity contribution in [2.75, 3.05) is 4.90 Å². The predicted octanol–water partition coefficient (Wildman–Crippen LogP) is 6.27. The number of hydrogen-bond acceptors (Lipinski definition) is 1. The fourth-order valence-electron chi connectivity index (χ4n) is 3.00. The zero-order valence-electron chi connectivity index (χ0n) is 12.6. The monoisotopic (exact) mass is 361 g/mol. The second kappa shape index (κ2) is 6.05. The lowest BCUT2D eigenvalue weighted by Crippen LogP contribution is -2.17. The first kappa shape index (κ1) is 14.3. The molecule has 23 heavy (non-hydrogen) atoms. The largest absolute Gasteiger partial charge is 0.336 e. The van der Waals surface area contributed by atoms with Crippen molar-refractivity contribution >= 4 is 39.5 Å². The van der Waals surface area contributed by atoms with Crippen LogP contribution in [-0.4, -0.2) is 0 Å². The maximum absolute atomic E-state index is 3.51. The molecule has 0 aromatic heterocycles. The van der Waals surface area contributed by atoms with E-state index in [4.69, 9.17) is 0 Å². The van der Waals surface area contributed by atoms with E-state index in [1.807, 2.05) is 0 Å². The molecule has 0 amide bonds.